The number of carbonyl (C=O) groups is 1. The summed E-state index contributed by atoms with van der Waals surface area (Å²) in [6.07, 6.45) is 1.88. The van der Waals surface area contributed by atoms with Crippen molar-refractivity contribution in [2.24, 2.45) is 0 Å². The van der Waals surface area contributed by atoms with Gasteiger partial charge in [0.2, 0.25) is 0 Å². The van der Waals surface area contributed by atoms with Gasteiger partial charge in [0.15, 0.2) is 6.04 Å². The number of carbonyl (C=O) groups excluding carboxylic acids is 1. The Kier molecular flexibility index (Phi) is 3.92. The van der Waals surface area contributed by atoms with Crippen molar-refractivity contribution in [1.29, 1.82) is 0 Å². The molecule has 2 aromatic carbocycles. The van der Waals surface area contributed by atoms with Gasteiger partial charge < -0.3 is 4.74 Å². The fraction of sp³-hybridized carbons (Fsp3) is 0.125. The zero-order valence-corrected chi connectivity index (χ0v) is 13.5. The van der Waals surface area contributed by atoms with Gasteiger partial charge in [-0.1, -0.05) is 36.4 Å². The topological polar surface area (TPSA) is 44.1 Å². The van der Waals surface area contributed by atoms with Gasteiger partial charge in [-0.05, 0) is 40.3 Å². The molecule has 106 valence electrons. The maximum absolute atomic E-state index is 12.2. The minimum Gasteiger partial charge on any atom is -0.467 e. The van der Waals surface area contributed by atoms with Crippen molar-refractivity contribution in [3.8, 4) is 0 Å². The maximum Gasteiger partial charge on any atom is 0.335 e. The van der Waals surface area contributed by atoms with Crippen LogP contribution in [0.25, 0.3) is 10.9 Å². The van der Waals surface area contributed by atoms with Crippen LogP contribution in [0.1, 0.15) is 11.6 Å². The van der Waals surface area contributed by atoms with Gasteiger partial charge in [0.1, 0.15) is 0 Å². The fourth-order valence-electron chi connectivity index (χ4n) is 2.28. The Hall–Kier alpha value is -1.89. The highest BCUT2D eigenvalue weighted by Gasteiger charge is 2.24. The average molecular weight is 392 g/mol. The van der Waals surface area contributed by atoms with E-state index < -0.39 is 6.04 Å². The van der Waals surface area contributed by atoms with Crippen molar-refractivity contribution in [3.63, 3.8) is 0 Å². The van der Waals surface area contributed by atoms with E-state index in [9.17, 15) is 4.79 Å². The second kappa shape index (κ2) is 5.85. The molecule has 4 nitrogen and oxygen atoms in total. The zero-order valence-electron chi connectivity index (χ0n) is 11.4. The van der Waals surface area contributed by atoms with Crippen LogP contribution in [0.4, 0.5) is 0 Å². The first-order valence-corrected chi connectivity index (χ1v) is 7.54. The zero-order chi connectivity index (χ0) is 14.8. The molecule has 0 aliphatic carbocycles. The van der Waals surface area contributed by atoms with Gasteiger partial charge in [0, 0.05) is 15.2 Å². The lowest BCUT2D eigenvalue weighted by atomic mass is 10.1. The first kappa shape index (κ1) is 14.1. The van der Waals surface area contributed by atoms with Crippen molar-refractivity contribution in [2.45, 2.75) is 6.04 Å². The summed E-state index contributed by atoms with van der Waals surface area (Å²) in [5.41, 5.74) is 1.72. The molecule has 0 fully saturated rings. The average Bonchev–Trinajstić information content (AvgIpc) is 2.90. The third-order valence-corrected chi connectivity index (χ3v) is 3.96. The third-order valence-electron chi connectivity index (χ3n) is 3.29. The lowest BCUT2D eigenvalue weighted by molar-refractivity contribution is -0.143. The Bertz CT molecular complexity index is 783. The van der Waals surface area contributed by atoms with E-state index in [0.29, 0.717) is 0 Å². The van der Waals surface area contributed by atoms with Crippen LogP contribution in [0.2, 0.25) is 0 Å². The van der Waals surface area contributed by atoms with E-state index in [4.69, 9.17) is 4.74 Å². The molecule has 0 radical (unpaired) electrons. The van der Waals surface area contributed by atoms with E-state index >= 15 is 0 Å². The molecule has 21 heavy (non-hydrogen) atoms. The minimum atomic E-state index is -0.568. The van der Waals surface area contributed by atoms with Crippen molar-refractivity contribution in [3.05, 3.63) is 63.9 Å². The molecule has 0 spiro atoms. The second-order valence-corrected chi connectivity index (χ2v) is 5.89. The largest absolute Gasteiger partial charge is 0.467 e. The van der Waals surface area contributed by atoms with E-state index in [0.717, 1.165) is 20.0 Å². The number of rotatable bonds is 3. The number of aromatic nitrogens is 2. The second-order valence-electron chi connectivity index (χ2n) is 4.65. The van der Waals surface area contributed by atoms with Crippen molar-refractivity contribution < 1.29 is 9.53 Å². The molecule has 1 unspecified atom stereocenters. The van der Waals surface area contributed by atoms with Crippen LogP contribution in [0.15, 0.2) is 54.7 Å². The van der Waals surface area contributed by atoms with E-state index in [2.05, 4.69) is 27.7 Å². The molecule has 0 saturated heterocycles. The SMILES string of the molecule is COC(=O)C(c1ccccc1)n1cc2ccc(I)cc2n1. The maximum atomic E-state index is 12.2. The summed E-state index contributed by atoms with van der Waals surface area (Å²) in [6.45, 7) is 0. The number of hydrogen-bond donors (Lipinski definition) is 0. The Morgan fingerprint density at radius 1 is 1.24 bits per heavy atom. The van der Waals surface area contributed by atoms with Gasteiger partial charge >= 0.3 is 5.97 Å². The summed E-state index contributed by atoms with van der Waals surface area (Å²) in [5.74, 6) is -0.330. The smallest absolute Gasteiger partial charge is 0.335 e. The standard InChI is InChI=1S/C16H13IN2O2/c1-21-16(20)15(11-5-3-2-4-6-11)19-10-12-7-8-13(17)9-14(12)18-19/h2-10,15H,1H3. The summed E-state index contributed by atoms with van der Waals surface area (Å²) in [4.78, 5) is 12.2. The first-order valence-electron chi connectivity index (χ1n) is 6.46. The Morgan fingerprint density at radius 2 is 2.00 bits per heavy atom. The van der Waals surface area contributed by atoms with Crippen LogP contribution < -0.4 is 0 Å². The van der Waals surface area contributed by atoms with E-state index in [-0.39, 0.29) is 5.97 Å². The number of benzene rings is 2. The number of esters is 1. The molecule has 3 aromatic rings. The lowest BCUT2D eigenvalue weighted by Crippen LogP contribution is -2.22. The summed E-state index contributed by atoms with van der Waals surface area (Å²) in [7, 11) is 1.39. The summed E-state index contributed by atoms with van der Waals surface area (Å²) >= 11 is 2.25. The molecule has 0 aliphatic heterocycles. The number of nitrogens with zero attached hydrogens (tertiary/aromatic N) is 2. The molecule has 0 saturated carbocycles. The molecule has 1 heterocycles. The van der Waals surface area contributed by atoms with Crippen LogP contribution in [-0.4, -0.2) is 22.9 Å². The van der Waals surface area contributed by atoms with Crippen LogP contribution in [0, 0.1) is 3.57 Å². The number of halogens is 1. The monoisotopic (exact) mass is 392 g/mol. The van der Waals surface area contributed by atoms with Gasteiger partial charge in [-0.2, -0.15) is 5.10 Å². The summed E-state index contributed by atoms with van der Waals surface area (Å²) in [6, 6.07) is 15.0. The number of methoxy groups -OCH3 is 1. The number of fused-ring (bicyclic) bond motifs is 1. The van der Waals surface area contributed by atoms with Crippen LogP contribution in [0.5, 0.6) is 0 Å². The normalized spacial score (nSPS) is 12.3. The van der Waals surface area contributed by atoms with Crippen LogP contribution in [-0.2, 0) is 9.53 Å². The Labute approximate surface area is 135 Å². The highest BCUT2D eigenvalue weighted by atomic mass is 127. The molecule has 1 aromatic heterocycles. The van der Waals surface area contributed by atoms with Crippen molar-refractivity contribution >= 4 is 39.5 Å². The lowest BCUT2D eigenvalue weighted by Gasteiger charge is -2.15. The summed E-state index contributed by atoms with van der Waals surface area (Å²) in [5, 5.41) is 5.53. The van der Waals surface area contributed by atoms with Gasteiger partial charge in [-0.3, -0.25) is 4.68 Å². The molecule has 3 rings (SSSR count). The first-order chi connectivity index (χ1) is 10.2. The Balaban J connectivity index is 2.12. The van der Waals surface area contributed by atoms with Crippen molar-refractivity contribution in [1.82, 2.24) is 9.78 Å². The molecule has 1 atom stereocenters. The molecular formula is C16H13IN2O2. The molecule has 0 aliphatic rings. The van der Waals surface area contributed by atoms with Crippen LogP contribution >= 0.6 is 22.6 Å². The minimum absolute atomic E-state index is 0.330. The van der Waals surface area contributed by atoms with Gasteiger partial charge in [-0.25, -0.2) is 4.79 Å². The molecule has 0 amide bonds. The van der Waals surface area contributed by atoms with Gasteiger partial charge in [0.25, 0.3) is 0 Å². The molecule has 0 bridgehead atoms. The molecular weight excluding hydrogens is 379 g/mol. The molecule has 5 heteroatoms. The third kappa shape index (κ3) is 2.78. The van der Waals surface area contributed by atoms with E-state index in [1.165, 1.54) is 7.11 Å². The highest BCUT2D eigenvalue weighted by molar-refractivity contribution is 14.1. The molecule has 0 N–H and O–H groups in total. The predicted molar refractivity (Wildman–Crippen MR) is 89.0 cm³/mol. The summed E-state index contributed by atoms with van der Waals surface area (Å²) < 4.78 is 7.72. The Morgan fingerprint density at radius 3 is 2.71 bits per heavy atom. The fourth-order valence-corrected chi connectivity index (χ4v) is 2.76. The van der Waals surface area contributed by atoms with E-state index in [1.807, 2.05) is 54.7 Å². The number of hydrogen-bond acceptors (Lipinski definition) is 3. The van der Waals surface area contributed by atoms with Crippen molar-refractivity contribution in [2.75, 3.05) is 7.11 Å². The predicted octanol–water partition coefficient (Wildman–Crippen LogP) is 3.40. The van der Waals surface area contributed by atoms with Gasteiger partial charge in [-0.15, -0.1) is 0 Å². The quantitative estimate of drug-likeness (QED) is 0.507. The highest BCUT2D eigenvalue weighted by Crippen LogP contribution is 2.23. The van der Waals surface area contributed by atoms with Crippen LogP contribution in [0.3, 0.4) is 0 Å². The number of ether oxygens (including phenoxy) is 1. The van der Waals surface area contributed by atoms with Gasteiger partial charge in [0.05, 0.1) is 12.6 Å². The van der Waals surface area contributed by atoms with E-state index in [1.54, 1.807) is 4.68 Å².